The maximum absolute atomic E-state index is 13.7. The van der Waals surface area contributed by atoms with E-state index in [0.29, 0.717) is 57.0 Å². The number of piperazine rings is 1. The molecule has 0 aliphatic carbocycles. The number of thiazole rings is 1. The van der Waals surface area contributed by atoms with Crippen molar-refractivity contribution < 1.29 is 24.0 Å². The highest BCUT2D eigenvalue weighted by Crippen LogP contribution is 2.31. The van der Waals surface area contributed by atoms with Crippen LogP contribution in [0, 0.1) is 11.3 Å². The Morgan fingerprint density at radius 3 is 2.57 bits per heavy atom. The minimum atomic E-state index is -0.813. The molecule has 3 atom stereocenters. The van der Waals surface area contributed by atoms with E-state index in [1.807, 2.05) is 30.3 Å². The van der Waals surface area contributed by atoms with Crippen molar-refractivity contribution in [1.82, 2.24) is 30.3 Å². The Bertz CT molecular complexity index is 1350. The second-order valence-electron chi connectivity index (χ2n) is 11.6. The summed E-state index contributed by atoms with van der Waals surface area (Å²) in [4.78, 5) is 75.0. The molecule has 3 saturated heterocycles. The van der Waals surface area contributed by atoms with Gasteiger partial charge in [-0.3, -0.25) is 28.9 Å². The number of amides is 4. The topological polar surface area (TPSA) is 156 Å². The Kier molecular flexibility index (Phi) is 10.5. The molecule has 3 N–H and O–H groups in total. The number of hydrogen-bond acceptors (Lipinski definition) is 9. The number of likely N-dealkylation sites (tertiary alicyclic amines) is 1. The molecule has 2 aromatic rings. The maximum atomic E-state index is 13.7. The standard InChI is InChI=1S/C31H39N7O5S/c32-13-10-25(39)34-20-36-16-11-22(12-17-36)27(28(41)30-33-14-18-44-30)35-29(42)23-8-9-24-31(43)37(19-26(40)38(23)24)15-4-7-21-5-2-1-3-6-21/h1-3,5-6,13-14,18,22-24,27,32H,4,7-12,15-17,19-20H2,(H,34,39)(H,35,42). The molecule has 0 radical (unpaired) electrons. The monoisotopic (exact) mass is 621 g/mol. The molecule has 0 saturated carbocycles. The fourth-order valence-electron chi connectivity index (χ4n) is 6.43. The van der Waals surface area contributed by atoms with Crippen LogP contribution >= 0.6 is 11.3 Å². The van der Waals surface area contributed by atoms with Crippen LogP contribution in [0.5, 0.6) is 0 Å². The Hall–Kier alpha value is -3.97. The summed E-state index contributed by atoms with van der Waals surface area (Å²) in [6.45, 7) is 2.03. The van der Waals surface area contributed by atoms with Crippen molar-refractivity contribution in [1.29, 1.82) is 5.41 Å². The molecule has 13 heteroatoms. The number of carbonyl (C=O) groups excluding carboxylic acids is 5. The van der Waals surface area contributed by atoms with Crippen molar-refractivity contribution in [3.05, 3.63) is 52.5 Å². The van der Waals surface area contributed by atoms with Gasteiger partial charge < -0.3 is 25.8 Å². The largest absolute Gasteiger partial charge is 0.344 e. The zero-order valence-electron chi connectivity index (χ0n) is 24.7. The van der Waals surface area contributed by atoms with Crippen LogP contribution in [0.15, 0.2) is 41.9 Å². The zero-order chi connectivity index (χ0) is 31.1. The number of nitrogens with one attached hydrogen (secondary N) is 3. The summed E-state index contributed by atoms with van der Waals surface area (Å²) in [6.07, 6.45) is 6.21. The minimum Gasteiger partial charge on any atom is -0.344 e. The third kappa shape index (κ3) is 7.39. The van der Waals surface area contributed by atoms with Gasteiger partial charge in [0.05, 0.1) is 25.7 Å². The number of Topliss-reactive ketones (excluding diaryl/α,β-unsaturated/α-hetero) is 1. The van der Waals surface area contributed by atoms with Gasteiger partial charge in [0.1, 0.15) is 12.1 Å². The molecule has 1 aromatic carbocycles. The summed E-state index contributed by atoms with van der Waals surface area (Å²) in [6, 6.07) is 7.73. The van der Waals surface area contributed by atoms with E-state index in [1.54, 1.807) is 16.5 Å². The molecule has 5 rings (SSSR count). The number of rotatable bonds is 13. The summed E-state index contributed by atoms with van der Waals surface area (Å²) < 4.78 is 0. The fraction of sp³-hybridized carbons (Fsp3) is 0.516. The molecule has 3 unspecified atom stereocenters. The van der Waals surface area contributed by atoms with Crippen LogP contribution in [0.25, 0.3) is 0 Å². The van der Waals surface area contributed by atoms with Gasteiger partial charge in [0.15, 0.2) is 5.01 Å². The molecule has 12 nitrogen and oxygen atoms in total. The lowest BCUT2D eigenvalue weighted by atomic mass is 9.87. The van der Waals surface area contributed by atoms with E-state index in [4.69, 9.17) is 5.41 Å². The van der Waals surface area contributed by atoms with Crippen LogP contribution in [0.1, 0.15) is 53.9 Å². The van der Waals surface area contributed by atoms with E-state index < -0.39 is 24.0 Å². The number of hydrogen-bond donors (Lipinski definition) is 3. The lowest BCUT2D eigenvalue weighted by Crippen LogP contribution is -2.62. The minimum absolute atomic E-state index is 0.0340. The predicted octanol–water partition coefficient (Wildman–Crippen LogP) is 1.47. The average molecular weight is 622 g/mol. The molecule has 3 fully saturated rings. The number of benzene rings is 1. The van der Waals surface area contributed by atoms with Gasteiger partial charge in [-0.15, -0.1) is 11.3 Å². The Labute approximate surface area is 260 Å². The second kappa shape index (κ2) is 14.7. The van der Waals surface area contributed by atoms with Crippen LogP contribution in [0.3, 0.4) is 0 Å². The van der Waals surface area contributed by atoms with Crippen LogP contribution in [0.2, 0.25) is 0 Å². The lowest BCUT2D eigenvalue weighted by molar-refractivity contribution is -0.157. The van der Waals surface area contributed by atoms with Gasteiger partial charge in [-0.1, -0.05) is 30.3 Å². The van der Waals surface area contributed by atoms with Gasteiger partial charge in [0, 0.05) is 37.4 Å². The molecule has 234 valence electrons. The summed E-state index contributed by atoms with van der Waals surface area (Å²) in [7, 11) is 0. The normalized spacial score (nSPS) is 21.5. The van der Waals surface area contributed by atoms with Gasteiger partial charge in [-0.05, 0) is 50.0 Å². The third-order valence-electron chi connectivity index (χ3n) is 8.75. The smallest absolute Gasteiger partial charge is 0.245 e. The molecule has 44 heavy (non-hydrogen) atoms. The van der Waals surface area contributed by atoms with Crippen molar-refractivity contribution >= 4 is 47.0 Å². The van der Waals surface area contributed by atoms with Gasteiger partial charge in [-0.25, -0.2) is 4.98 Å². The number of nitrogens with zero attached hydrogens (tertiary/aromatic N) is 4. The van der Waals surface area contributed by atoms with E-state index in [2.05, 4.69) is 20.5 Å². The molecule has 3 aliphatic rings. The van der Waals surface area contributed by atoms with Crippen molar-refractivity contribution in [2.75, 3.05) is 32.8 Å². The van der Waals surface area contributed by atoms with E-state index in [9.17, 15) is 24.0 Å². The Morgan fingerprint density at radius 1 is 1.09 bits per heavy atom. The van der Waals surface area contributed by atoms with E-state index in [-0.39, 0.29) is 42.4 Å². The number of fused-ring (bicyclic) bond motifs is 1. The van der Waals surface area contributed by atoms with Crippen LogP contribution in [-0.2, 0) is 25.6 Å². The first-order chi connectivity index (χ1) is 21.4. The predicted molar refractivity (Wildman–Crippen MR) is 164 cm³/mol. The SMILES string of the molecule is N=CCC(=O)NCN1CCC(C(NC(=O)C2CCC3C(=O)N(CCCc4ccccc4)CC(=O)N23)C(=O)c2nccs2)CC1. The zero-order valence-corrected chi connectivity index (χ0v) is 25.5. The van der Waals surface area contributed by atoms with Crippen LogP contribution < -0.4 is 10.6 Å². The van der Waals surface area contributed by atoms with E-state index in [1.165, 1.54) is 21.8 Å². The van der Waals surface area contributed by atoms with Crippen molar-refractivity contribution in [3.8, 4) is 0 Å². The van der Waals surface area contributed by atoms with Gasteiger partial charge >= 0.3 is 0 Å². The molecule has 3 aliphatic heterocycles. The third-order valence-corrected chi connectivity index (χ3v) is 9.54. The fourth-order valence-corrected chi connectivity index (χ4v) is 7.05. The molecular weight excluding hydrogens is 582 g/mol. The van der Waals surface area contributed by atoms with E-state index >= 15 is 0 Å². The van der Waals surface area contributed by atoms with Crippen molar-refractivity contribution in [2.24, 2.45) is 5.92 Å². The molecule has 0 spiro atoms. The number of aromatic nitrogens is 1. The first-order valence-corrected chi connectivity index (χ1v) is 16.1. The molecule has 4 heterocycles. The summed E-state index contributed by atoms with van der Waals surface area (Å²) in [5, 5.41) is 14.9. The Balaban J connectivity index is 1.20. The summed E-state index contributed by atoms with van der Waals surface area (Å²) in [5.41, 5.74) is 1.18. The second-order valence-corrected chi connectivity index (χ2v) is 12.5. The quantitative estimate of drug-likeness (QED) is 0.226. The highest BCUT2D eigenvalue weighted by molar-refractivity contribution is 7.11. The highest BCUT2D eigenvalue weighted by atomic mass is 32.1. The molecular formula is C31H39N7O5S. The number of ketones is 1. The van der Waals surface area contributed by atoms with Gasteiger partial charge in [-0.2, -0.15) is 0 Å². The Morgan fingerprint density at radius 2 is 1.86 bits per heavy atom. The first-order valence-electron chi connectivity index (χ1n) is 15.2. The van der Waals surface area contributed by atoms with Crippen molar-refractivity contribution in [2.45, 2.75) is 63.1 Å². The number of piperidine rings is 1. The maximum Gasteiger partial charge on any atom is 0.245 e. The molecule has 1 aromatic heterocycles. The average Bonchev–Trinajstić information content (AvgIpc) is 3.74. The molecule has 0 bridgehead atoms. The highest BCUT2D eigenvalue weighted by Gasteiger charge is 2.49. The molecule has 4 amide bonds. The summed E-state index contributed by atoms with van der Waals surface area (Å²) >= 11 is 1.22. The summed E-state index contributed by atoms with van der Waals surface area (Å²) in [5.74, 6) is -1.41. The lowest BCUT2D eigenvalue weighted by Gasteiger charge is -2.39. The van der Waals surface area contributed by atoms with E-state index in [0.717, 1.165) is 19.1 Å². The first kappa shape index (κ1) is 31.5. The number of aryl methyl sites for hydroxylation is 1. The van der Waals surface area contributed by atoms with Crippen LogP contribution in [-0.4, -0.2) is 106 Å². The van der Waals surface area contributed by atoms with Crippen LogP contribution in [0.4, 0.5) is 0 Å². The van der Waals surface area contributed by atoms with Crippen molar-refractivity contribution in [3.63, 3.8) is 0 Å². The van der Waals surface area contributed by atoms with Gasteiger partial charge in [0.2, 0.25) is 29.4 Å². The number of carbonyl (C=O) groups is 5. The van der Waals surface area contributed by atoms with Gasteiger partial charge in [0.25, 0.3) is 0 Å².